The Balaban J connectivity index is 2.11. The van der Waals surface area contributed by atoms with Crippen LogP contribution in [0.1, 0.15) is 19.8 Å². The zero-order valence-corrected chi connectivity index (χ0v) is 9.52. The molecular formula is C10H19ClN2O. The maximum atomic E-state index is 11.1. The van der Waals surface area contributed by atoms with Gasteiger partial charge in [-0.15, -0.1) is 11.6 Å². The van der Waals surface area contributed by atoms with Crippen LogP contribution < -0.4 is 5.32 Å². The zero-order chi connectivity index (χ0) is 10.4. The molecule has 3 nitrogen and oxygen atoms in total. The molecule has 0 aromatic heterocycles. The van der Waals surface area contributed by atoms with Crippen LogP contribution in [-0.4, -0.2) is 42.9 Å². The summed E-state index contributed by atoms with van der Waals surface area (Å²) in [5.74, 6) is 1.13. The van der Waals surface area contributed by atoms with Crippen molar-refractivity contribution >= 4 is 17.5 Å². The van der Waals surface area contributed by atoms with Crippen molar-refractivity contribution in [2.24, 2.45) is 5.92 Å². The first kappa shape index (κ1) is 11.8. The van der Waals surface area contributed by atoms with Crippen molar-refractivity contribution in [3.63, 3.8) is 0 Å². The predicted octanol–water partition coefficient (Wildman–Crippen LogP) is 1.07. The van der Waals surface area contributed by atoms with Gasteiger partial charge in [-0.25, -0.2) is 0 Å². The lowest BCUT2D eigenvalue weighted by Gasteiger charge is -2.13. The van der Waals surface area contributed by atoms with Gasteiger partial charge in [-0.2, -0.15) is 0 Å². The third kappa shape index (κ3) is 3.84. The highest BCUT2D eigenvalue weighted by Crippen LogP contribution is 2.14. The molecule has 0 aromatic carbocycles. The second kappa shape index (κ2) is 6.25. The van der Waals surface area contributed by atoms with Gasteiger partial charge in [0.2, 0.25) is 5.91 Å². The van der Waals surface area contributed by atoms with Crippen molar-refractivity contribution in [1.82, 2.24) is 10.2 Å². The molecule has 1 fully saturated rings. The van der Waals surface area contributed by atoms with Crippen molar-refractivity contribution in [1.29, 1.82) is 0 Å². The highest BCUT2D eigenvalue weighted by molar-refractivity contribution is 6.18. The molecule has 1 heterocycles. The van der Waals surface area contributed by atoms with Gasteiger partial charge in [-0.05, 0) is 25.4 Å². The van der Waals surface area contributed by atoms with Crippen LogP contribution in [0.25, 0.3) is 0 Å². The number of hydrogen-bond acceptors (Lipinski definition) is 2. The lowest BCUT2D eigenvalue weighted by molar-refractivity contribution is -0.120. The smallest absolute Gasteiger partial charge is 0.221 e. The van der Waals surface area contributed by atoms with Crippen LogP contribution in [0, 0.1) is 5.92 Å². The van der Waals surface area contributed by atoms with E-state index < -0.39 is 0 Å². The maximum absolute atomic E-state index is 11.1. The van der Waals surface area contributed by atoms with E-state index in [1.807, 2.05) is 0 Å². The number of alkyl halides is 1. The van der Waals surface area contributed by atoms with E-state index in [9.17, 15) is 4.79 Å². The number of rotatable bonds is 5. The van der Waals surface area contributed by atoms with Gasteiger partial charge in [0.25, 0.3) is 0 Å². The molecule has 82 valence electrons. The normalized spacial score (nSPS) is 22.6. The number of halogens is 1. The highest BCUT2D eigenvalue weighted by atomic mass is 35.5. The molecule has 1 unspecified atom stereocenters. The van der Waals surface area contributed by atoms with E-state index in [0.717, 1.165) is 19.6 Å². The van der Waals surface area contributed by atoms with Gasteiger partial charge < -0.3 is 10.2 Å². The third-order valence-corrected chi connectivity index (χ3v) is 2.92. The lowest BCUT2D eigenvalue weighted by Crippen LogP contribution is -2.31. The summed E-state index contributed by atoms with van der Waals surface area (Å²) >= 11 is 5.47. The van der Waals surface area contributed by atoms with E-state index in [1.54, 1.807) is 0 Å². The Hall–Kier alpha value is -0.280. The topological polar surface area (TPSA) is 32.3 Å². The SMILES string of the molecule is CCN1CCC(CNC(=O)CCCl)C1. The minimum absolute atomic E-state index is 0.0787. The Labute approximate surface area is 90.8 Å². The second-order valence-electron chi connectivity index (χ2n) is 3.79. The van der Waals surface area contributed by atoms with E-state index in [-0.39, 0.29) is 5.91 Å². The summed E-state index contributed by atoms with van der Waals surface area (Å²) in [6, 6.07) is 0. The van der Waals surface area contributed by atoms with E-state index in [4.69, 9.17) is 11.6 Å². The molecule has 0 aromatic rings. The Morgan fingerprint density at radius 3 is 3.00 bits per heavy atom. The molecule has 0 spiro atoms. The Kier molecular flexibility index (Phi) is 5.26. The second-order valence-corrected chi connectivity index (χ2v) is 4.17. The standard InChI is InChI=1S/C10H19ClN2O/c1-2-13-6-4-9(8-13)7-12-10(14)3-5-11/h9H,2-8H2,1H3,(H,12,14). The van der Waals surface area contributed by atoms with Crippen molar-refractivity contribution in [3.8, 4) is 0 Å². The molecule has 4 heteroatoms. The number of carbonyl (C=O) groups is 1. The molecule has 1 aliphatic rings. The van der Waals surface area contributed by atoms with Crippen LogP contribution >= 0.6 is 11.6 Å². The predicted molar refractivity (Wildman–Crippen MR) is 58.6 cm³/mol. The molecule has 0 aliphatic carbocycles. The molecule has 1 atom stereocenters. The van der Waals surface area contributed by atoms with E-state index in [2.05, 4.69) is 17.1 Å². The number of nitrogens with zero attached hydrogens (tertiary/aromatic N) is 1. The first-order chi connectivity index (χ1) is 6.76. The monoisotopic (exact) mass is 218 g/mol. The summed E-state index contributed by atoms with van der Waals surface area (Å²) in [4.78, 5) is 13.6. The number of amides is 1. The zero-order valence-electron chi connectivity index (χ0n) is 8.76. The first-order valence-corrected chi connectivity index (χ1v) is 5.84. The number of nitrogens with one attached hydrogen (secondary N) is 1. The first-order valence-electron chi connectivity index (χ1n) is 5.31. The molecule has 0 radical (unpaired) electrons. The number of likely N-dealkylation sites (tertiary alicyclic amines) is 1. The van der Waals surface area contributed by atoms with Crippen LogP contribution in [0.3, 0.4) is 0 Å². The van der Waals surface area contributed by atoms with Crippen LogP contribution in [0.5, 0.6) is 0 Å². The van der Waals surface area contributed by atoms with Gasteiger partial charge in [0.15, 0.2) is 0 Å². The van der Waals surface area contributed by atoms with E-state index >= 15 is 0 Å². The van der Waals surface area contributed by atoms with Gasteiger partial charge in [-0.1, -0.05) is 6.92 Å². The number of carbonyl (C=O) groups excluding carboxylic acids is 1. The molecule has 0 saturated carbocycles. The van der Waals surface area contributed by atoms with Crippen LogP contribution in [0.2, 0.25) is 0 Å². The van der Waals surface area contributed by atoms with Gasteiger partial charge in [-0.3, -0.25) is 4.79 Å². The average Bonchev–Trinajstić information content (AvgIpc) is 2.63. The van der Waals surface area contributed by atoms with E-state index in [0.29, 0.717) is 18.2 Å². The lowest BCUT2D eigenvalue weighted by atomic mass is 10.1. The molecule has 1 amide bonds. The highest BCUT2D eigenvalue weighted by Gasteiger charge is 2.20. The van der Waals surface area contributed by atoms with Crippen molar-refractivity contribution < 1.29 is 4.79 Å². The summed E-state index contributed by atoms with van der Waals surface area (Å²) in [7, 11) is 0. The third-order valence-electron chi connectivity index (χ3n) is 2.73. The fourth-order valence-electron chi connectivity index (χ4n) is 1.80. The maximum Gasteiger partial charge on any atom is 0.221 e. The van der Waals surface area contributed by atoms with Gasteiger partial charge in [0.1, 0.15) is 0 Å². The van der Waals surface area contributed by atoms with E-state index in [1.165, 1.54) is 13.0 Å². The summed E-state index contributed by atoms with van der Waals surface area (Å²) in [6.45, 7) is 6.40. The van der Waals surface area contributed by atoms with Crippen molar-refractivity contribution in [3.05, 3.63) is 0 Å². The quantitative estimate of drug-likeness (QED) is 0.701. The van der Waals surface area contributed by atoms with Crippen LogP contribution in [-0.2, 0) is 4.79 Å². The minimum atomic E-state index is 0.0787. The molecule has 1 saturated heterocycles. The summed E-state index contributed by atoms with van der Waals surface area (Å²) in [5, 5.41) is 2.92. The van der Waals surface area contributed by atoms with Crippen molar-refractivity contribution in [2.45, 2.75) is 19.8 Å². The van der Waals surface area contributed by atoms with Gasteiger partial charge in [0, 0.05) is 25.4 Å². The van der Waals surface area contributed by atoms with Gasteiger partial charge >= 0.3 is 0 Å². The summed E-state index contributed by atoms with van der Waals surface area (Å²) < 4.78 is 0. The Bertz CT molecular complexity index is 187. The molecule has 0 bridgehead atoms. The summed E-state index contributed by atoms with van der Waals surface area (Å²) in [5.41, 5.74) is 0. The fourth-order valence-corrected chi connectivity index (χ4v) is 1.97. The minimum Gasteiger partial charge on any atom is -0.356 e. The fraction of sp³-hybridized carbons (Fsp3) is 0.900. The molecule has 14 heavy (non-hydrogen) atoms. The largest absolute Gasteiger partial charge is 0.356 e. The van der Waals surface area contributed by atoms with Crippen molar-refractivity contribution in [2.75, 3.05) is 32.1 Å². The Morgan fingerprint density at radius 1 is 1.64 bits per heavy atom. The molecule has 1 aliphatic heterocycles. The van der Waals surface area contributed by atoms with Gasteiger partial charge in [0.05, 0.1) is 0 Å². The number of hydrogen-bond donors (Lipinski definition) is 1. The summed E-state index contributed by atoms with van der Waals surface area (Å²) in [6.07, 6.45) is 1.64. The molecular weight excluding hydrogens is 200 g/mol. The molecule has 1 N–H and O–H groups in total. The van der Waals surface area contributed by atoms with Crippen LogP contribution in [0.4, 0.5) is 0 Å². The van der Waals surface area contributed by atoms with Crippen LogP contribution in [0.15, 0.2) is 0 Å². The average molecular weight is 219 g/mol. The molecule has 1 rings (SSSR count). The Morgan fingerprint density at radius 2 is 2.43 bits per heavy atom.